The Morgan fingerprint density at radius 3 is 2.62 bits per heavy atom. The Kier molecular flexibility index (Phi) is 4.84. The van der Waals surface area contributed by atoms with Crippen LogP contribution in [0.5, 0.6) is 5.75 Å². The smallest absolute Gasteiger partial charge is 0.306 e. The van der Waals surface area contributed by atoms with Gasteiger partial charge in [0.15, 0.2) is 0 Å². The summed E-state index contributed by atoms with van der Waals surface area (Å²) < 4.78 is 31.7. The molecule has 1 fully saturated rings. The Balaban J connectivity index is 2.15. The summed E-state index contributed by atoms with van der Waals surface area (Å²) in [6, 6.07) is 6.38. The Hall–Kier alpha value is -1.60. The molecule has 21 heavy (non-hydrogen) atoms. The lowest BCUT2D eigenvalue weighted by atomic mass is 9.99. The number of hydrogen-bond donors (Lipinski definition) is 1. The van der Waals surface area contributed by atoms with E-state index in [0.29, 0.717) is 25.2 Å². The number of carboxylic acid groups (broad SMARTS) is 1. The van der Waals surface area contributed by atoms with Gasteiger partial charge in [0.25, 0.3) is 0 Å². The third kappa shape index (κ3) is 3.54. The first-order chi connectivity index (χ1) is 9.95. The summed E-state index contributed by atoms with van der Waals surface area (Å²) in [5.41, 5.74) is 0. The average molecular weight is 313 g/mol. The maximum Gasteiger partial charge on any atom is 0.306 e. The number of nitrogens with zero attached hydrogens (tertiary/aromatic N) is 1. The maximum absolute atomic E-state index is 12.5. The molecule has 6 nitrogen and oxygen atoms in total. The van der Waals surface area contributed by atoms with Gasteiger partial charge in [0.05, 0.1) is 17.4 Å². The molecule has 0 spiro atoms. The number of piperidine rings is 1. The van der Waals surface area contributed by atoms with E-state index in [2.05, 4.69) is 0 Å². The number of benzene rings is 1. The first kappa shape index (κ1) is 15.8. The number of carboxylic acids is 1. The number of rotatable bonds is 5. The molecule has 1 saturated heterocycles. The molecule has 0 radical (unpaired) electrons. The zero-order valence-electron chi connectivity index (χ0n) is 11.9. The van der Waals surface area contributed by atoms with E-state index >= 15 is 0 Å². The second-order valence-corrected chi connectivity index (χ2v) is 6.86. The van der Waals surface area contributed by atoms with Crippen molar-refractivity contribution in [2.24, 2.45) is 5.92 Å². The minimum atomic E-state index is -3.59. The largest absolute Gasteiger partial charge is 0.494 e. The van der Waals surface area contributed by atoms with Crippen molar-refractivity contribution < 1.29 is 23.1 Å². The molecule has 1 aromatic rings. The molecule has 1 aliphatic heterocycles. The van der Waals surface area contributed by atoms with Gasteiger partial charge >= 0.3 is 5.97 Å². The van der Waals surface area contributed by atoms with E-state index in [1.54, 1.807) is 12.1 Å². The molecule has 0 amide bonds. The van der Waals surface area contributed by atoms with Crippen LogP contribution in [-0.4, -0.2) is 43.5 Å². The van der Waals surface area contributed by atoms with Crippen LogP contribution in [-0.2, 0) is 14.8 Å². The molecular formula is C14H19NO5S. The fourth-order valence-electron chi connectivity index (χ4n) is 2.38. The van der Waals surface area contributed by atoms with Crippen LogP contribution < -0.4 is 4.74 Å². The zero-order chi connectivity index (χ0) is 15.5. The van der Waals surface area contributed by atoms with Gasteiger partial charge in [0.2, 0.25) is 10.0 Å². The highest BCUT2D eigenvalue weighted by Crippen LogP contribution is 2.25. The summed E-state index contributed by atoms with van der Waals surface area (Å²) in [7, 11) is -3.59. The topological polar surface area (TPSA) is 83.9 Å². The first-order valence-corrected chi connectivity index (χ1v) is 8.35. The predicted octanol–water partition coefficient (Wildman–Crippen LogP) is 1.57. The van der Waals surface area contributed by atoms with Gasteiger partial charge in [-0.25, -0.2) is 8.42 Å². The van der Waals surface area contributed by atoms with Gasteiger partial charge in [-0.15, -0.1) is 0 Å². The van der Waals surface area contributed by atoms with E-state index in [-0.39, 0.29) is 18.0 Å². The van der Waals surface area contributed by atoms with Crippen molar-refractivity contribution in [1.82, 2.24) is 4.31 Å². The Morgan fingerprint density at radius 1 is 1.38 bits per heavy atom. The normalized spacial score (nSPS) is 17.6. The van der Waals surface area contributed by atoms with Crippen molar-refractivity contribution in [2.75, 3.05) is 19.7 Å². The van der Waals surface area contributed by atoms with Gasteiger partial charge in [-0.3, -0.25) is 4.79 Å². The Bertz CT molecular complexity index is 606. The van der Waals surface area contributed by atoms with E-state index in [1.165, 1.54) is 16.4 Å². The molecule has 0 aromatic heterocycles. The van der Waals surface area contributed by atoms with Crippen molar-refractivity contribution in [3.8, 4) is 5.75 Å². The lowest BCUT2D eigenvalue weighted by Crippen LogP contribution is -2.40. The highest BCUT2D eigenvalue weighted by atomic mass is 32.2. The van der Waals surface area contributed by atoms with Crippen molar-refractivity contribution in [1.29, 1.82) is 0 Å². The summed E-state index contributed by atoms with van der Waals surface area (Å²) >= 11 is 0. The van der Waals surface area contributed by atoms with Crippen molar-refractivity contribution in [2.45, 2.75) is 24.7 Å². The first-order valence-electron chi connectivity index (χ1n) is 6.91. The number of ether oxygens (including phenoxy) is 1. The fraction of sp³-hybridized carbons (Fsp3) is 0.500. The lowest BCUT2D eigenvalue weighted by molar-refractivity contribution is -0.142. The van der Waals surface area contributed by atoms with Crippen molar-refractivity contribution >= 4 is 16.0 Å². The third-order valence-corrected chi connectivity index (χ3v) is 5.45. The second kappa shape index (κ2) is 6.44. The molecule has 1 heterocycles. The molecule has 1 aliphatic rings. The van der Waals surface area contributed by atoms with Crippen LogP contribution >= 0.6 is 0 Å². The summed E-state index contributed by atoms with van der Waals surface area (Å²) in [4.78, 5) is 11.1. The van der Waals surface area contributed by atoms with E-state index in [4.69, 9.17) is 9.84 Å². The second-order valence-electron chi connectivity index (χ2n) is 4.92. The zero-order valence-corrected chi connectivity index (χ0v) is 12.7. The molecule has 0 bridgehead atoms. The maximum atomic E-state index is 12.5. The Morgan fingerprint density at radius 2 is 2.05 bits per heavy atom. The third-order valence-electron chi connectivity index (χ3n) is 3.56. The SMILES string of the molecule is CCOc1cccc(S(=O)(=O)N2CCC(C(=O)O)CC2)c1. The van der Waals surface area contributed by atoms with Crippen LogP contribution in [0.15, 0.2) is 29.2 Å². The minimum Gasteiger partial charge on any atom is -0.494 e. The average Bonchev–Trinajstić information content (AvgIpc) is 2.48. The van der Waals surface area contributed by atoms with Crippen LogP contribution in [0.4, 0.5) is 0 Å². The summed E-state index contributed by atoms with van der Waals surface area (Å²) in [6.07, 6.45) is 0.694. The molecular weight excluding hydrogens is 294 g/mol. The van der Waals surface area contributed by atoms with Crippen LogP contribution in [0.1, 0.15) is 19.8 Å². The number of carbonyl (C=O) groups is 1. The molecule has 2 rings (SSSR count). The van der Waals surface area contributed by atoms with Crippen LogP contribution in [0, 0.1) is 5.92 Å². The van der Waals surface area contributed by atoms with Crippen LogP contribution in [0.2, 0.25) is 0 Å². The summed E-state index contributed by atoms with van der Waals surface area (Å²) in [5.74, 6) is -0.796. The number of sulfonamides is 1. The van der Waals surface area contributed by atoms with Gasteiger partial charge in [-0.2, -0.15) is 4.31 Å². The molecule has 0 atom stereocenters. The van der Waals surface area contributed by atoms with E-state index in [0.717, 1.165) is 0 Å². The lowest BCUT2D eigenvalue weighted by Gasteiger charge is -2.29. The molecule has 7 heteroatoms. The molecule has 0 saturated carbocycles. The summed E-state index contributed by atoms with van der Waals surface area (Å²) in [5, 5.41) is 8.96. The summed E-state index contributed by atoms with van der Waals surface area (Å²) in [6.45, 7) is 2.77. The fourth-order valence-corrected chi connectivity index (χ4v) is 3.89. The number of aliphatic carboxylic acids is 1. The molecule has 1 N–H and O–H groups in total. The molecule has 1 aromatic carbocycles. The molecule has 0 unspecified atom stereocenters. The van der Waals surface area contributed by atoms with Crippen molar-refractivity contribution in [3.63, 3.8) is 0 Å². The van der Waals surface area contributed by atoms with Crippen molar-refractivity contribution in [3.05, 3.63) is 24.3 Å². The number of hydrogen-bond acceptors (Lipinski definition) is 4. The van der Waals surface area contributed by atoms with Gasteiger partial charge < -0.3 is 9.84 Å². The monoisotopic (exact) mass is 313 g/mol. The highest BCUT2D eigenvalue weighted by Gasteiger charge is 2.32. The standard InChI is InChI=1S/C14H19NO5S/c1-2-20-12-4-3-5-13(10-12)21(18,19)15-8-6-11(7-9-15)14(16)17/h3-5,10-11H,2,6-9H2,1H3,(H,16,17). The van der Waals surface area contributed by atoms with Gasteiger partial charge in [0, 0.05) is 19.2 Å². The van der Waals surface area contributed by atoms with E-state index < -0.39 is 21.9 Å². The van der Waals surface area contributed by atoms with E-state index in [9.17, 15) is 13.2 Å². The predicted molar refractivity (Wildman–Crippen MR) is 76.7 cm³/mol. The quantitative estimate of drug-likeness (QED) is 0.892. The van der Waals surface area contributed by atoms with E-state index in [1.807, 2.05) is 6.92 Å². The minimum absolute atomic E-state index is 0.183. The van der Waals surface area contributed by atoms with Gasteiger partial charge in [-0.1, -0.05) is 6.07 Å². The van der Waals surface area contributed by atoms with Crippen LogP contribution in [0.3, 0.4) is 0 Å². The molecule has 116 valence electrons. The van der Waals surface area contributed by atoms with Crippen LogP contribution in [0.25, 0.3) is 0 Å². The molecule has 0 aliphatic carbocycles. The Labute approximate surface area is 124 Å². The van der Waals surface area contributed by atoms with Gasteiger partial charge in [0.1, 0.15) is 5.75 Å². The highest BCUT2D eigenvalue weighted by molar-refractivity contribution is 7.89. The van der Waals surface area contributed by atoms with Gasteiger partial charge in [-0.05, 0) is 31.9 Å².